The molecule has 3 aliphatic carbocycles. The van der Waals surface area contributed by atoms with Crippen LogP contribution in [0.3, 0.4) is 0 Å². The van der Waals surface area contributed by atoms with Crippen LogP contribution >= 0.6 is 0 Å². The van der Waals surface area contributed by atoms with Gasteiger partial charge in [-0.1, -0.05) is 48.8 Å². The number of allylic oxidation sites excluding steroid dienone is 4. The molecular formula is C22H30O3. The van der Waals surface area contributed by atoms with E-state index in [4.69, 9.17) is 4.74 Å². The quantitative estimate of drug-likeness (QED) is 0.542. The second-order valence-corrected chi connectivity index (χ2v) is 8.36. The second kappa shape index (κ2) is 6.59. The van der Waals surface area contributed by atoms with E-state index in [-0.39, 0.29) is 41.7 Å². The number of ketones is 1. The lowest BCUT2D eigenvalue weighted by Crippen LogP contribution is -2.48. The molecule has 0 radical (unpaired) electrons. The number of hydrogen-bond donors (Lipinski definition) is 0. The summed E-state index contributed by atoms with van der Waals surface area (Å²) in [6.45, 7) is 14.2. The summed E-state index contributed by atoms with van der Waals surface area (Å²) in [7, 11) is 0. The van der Waals surface area contributed by atoms with Gasteiger partial charge in [0.15, 0.2) is 0 Å². The van der Waals surface area contributed by atoms with Crippen molar-refractivity contribution < 1.29 is 14.3 Å². The third kappa shape index (κ3) is 3.02. The minimum absolute atomic E-state index is 0.0293. The summed E-state index contributed by atoms with van der Waals surface area (Å²) in [6, 6.07) is 0. The number of rotatable bonds is 2. The fourth-order valence-corrected chi connectivity index (χ4v) is 5.27. The Morgan fingerprint density at radius 1 is 1.16 bits per heavy atom. The first kappa shape index (κ1) is 18.2. The Morgan fingerprint density at radius 3 is 2.44 bits per heavy atom. The van der Waals surface area contributed by atoms with Crippen molar-refractivity contribution in [2.75, 3.05) is 0 Å². The van der Waals surface area contributed by atoms with Crippen LogP contribution in [-0.2, 0) is 14.3 Å². The van der Waals surface area contributed by atoms with Crippen molar-refractivity contribution in [2.45, 2.75) is 60.0 Å². The van der Waals surface area contributed by atoms with Gasteiger partial charge in [0, 0.05) is 30.6 Å². The Hall–Kier alpha value is -1.64. The number of Topliss-reactive ketones (excluding diaryl/α,β-unsaturated/α-hetero) is 1. The van der Waals surface area contributed by atoms with Crippen LogP contribution < -0.4 is 0 Å². The number of carbonyl (C=O) groups is 2. The predicted octanol–water partition coefficient (Wildman–Crippen LogP) is 4.64. The Balaban J connectivity index is 2.11. The molecule has 25 heavy (non-hydrogen) atoms. The van der Waals surface area contributed by atoms with Gasteiger partial charge < -0.3 is 4.74 Å². The SMILES string of the molecule is C=C1CCC2=C3C(CC(OC(C)=O)C2C)C(C)C(=O)C(C=C(C)C)C13. The van der Waals surface area contributed by atoms with Crippen LogP contribution in [-0.4, -0.2) is 17.9 Å². The molecule has 0 aromatic carbocycles. The molecule has 3 heteroatoms. The van der Waals surface area contributed by atoms with Gasteiger partial charge >= 0.3 is 5.97 Å². The van der Waals surface area contributed by atoms with Gasteiger partial charge in [0.25, 0.3) is 0 Å². The zero-order chi connectivity index (χ0) is 18.5. The lowest BCUT2D eigenvalue weighted by atomic mass is 9.54. The van der Waals surface area contributed by atoms with Gasteiger partial charge in [0.2, 0.25) is 0 Å². The molecule has 0 heterocycles. The van der Waals surface area contributed by atoms with Gasteiger partial charge in [-0.3, -0.25) is 9.59 Å². The van der Waals surface area contributed by atoms with Crippen LogP contribution in [0.15, 0.2) is 34.9 Å². The third-order valence-electron chi connectivity index (χ3n) is 6.42. The summed E-state index contributed by atoms with van der Waals surface area (Å²) in [4.78, 5) is 24.7. The molecule has 3 aliphatic rings. The molecule has 1 fully saturated rings. The van der Waals surface area contributed by atoms with Crippen LogP contribution in [0.2, 0.25) is 0 Å². The van der Waals surface area contributed by atoms with Crippen molar-refractivity contribution in [3.8, 4) is 0 Å². The van der Waals surface area contributed by atoms with Crippen molar-refractivity contribution in [1.29, 1.82) is 0 Å². The standard InChI is InChI=1S/C22H30O3/c1-11(2)9-18-20-12(3)7-8-16-13(4)19(25-15(6)23)10-17(21(16)20)14(5)22(18)24/h9,13-14,17-20H,3,7-8,10H2,1-2,4-6H3. The number of esters is 1. The van der Waals surface area contributed by atoms with E-state index in [9.17, 15) is 9.59 Å². The largest absolute Gasteiger partial charge is 0.462 e. The van der Waals surface area contributed by atoms with E-state index < -0.39 is 0 Å². The van der Waals surface area contributed by atoms with Gasteiger partial charge in [-0.25, -0.2) is 0 Å². The van der Waals surface area contributed by atoms with Gasteiger partial charge in [-0.05, 0) is 39.0 Å². The van der Waals surface area contributed by atoms with Gasteiger partial charge in [-0.15, -0.1) is 0 Å². The lowest BCUT2D eigenvalue weighted by Gasteiger charge is -2.50. The molecule has 3 nitrogen and oxygen atoms in total. The first-order chi connectivity index (χ1) is 11.7. The van der Waals surface area contributed by atoms with Crippen LogP contribution in [0, 0.1) is 29.6 Å². The Kier molecular flexibility index (Phi) is 4.78. The van der Waals surface area contributed by atoms with E-state index in [0.29, 0.717) is 5.78 Å². The van der Waals surface area contributed by atoms with Gasteiger partial charge in [0.1, 0.15) is 11.9 Å². The number of hydrogen-bond acceptors (Lipinski definition) is 3. The lowest BCUT2D eigenvalue weighted by molar-refractivity contribution is -0.150. The minimum atomic E-state index is -0.227. The third-order valence-corrected chi connectivity index (χ3v) is 6.42. The topological polar surface area (TPSA) is 43.4 Å². The summed E-state index contributed by atoms with van der Waals surface area (Å²) in [5.41, 5.74) is 5.25. The van der Waals surface area contributed by atoms with E-state index in [1.807, 2.05) is 0 Å². The zero-order valence-corrected chi connectivity index (χ0v) is 16.1. The fraction of sp³-hybridized carbons (Fsp3) is 0.636. The van der Waals surface area contributed by atoms with E-state index >= 15 is 0 Å². The Morgan fingerprint density at radius 2 is 1.84 bits per heavy atom. The first-order valence-corrected chi connectivity index (χ1v) is 9.48. The molecular weight excluding hydrogens is 312 g/mol. The van der Waals surface area contributed by atoms with Gasteiger partial charge in [-0.2, -0.15) is 0 Å². The highest BCUT2D eigenvalue weighted by molar-refractivity contribution is 5.88. The molecule has 0 spiro atoms. The summed E-state index contributed by atoms with van der Waals surface area (Å²) in [5, 5.41) is 0. The monoisotopic (exact) mass is 342 g/mol. The highest BCUT2D eigenvalue weighted by atomic mass is 16.5. The highest BCUT2D eigenvalue weighted by Gasteiger charge is 2.51. The highest BCUT2D eigenvalue weighted by Crippen LogP contribution is 2.55. The van der Waals surface area contributed by atoms with E-state index in [1.54, 1.807) is 0 Å². The molecule has 0 amide bonds. The van der Waals surface area contributed by atoms with Crippen LogP contribution in [0.25, 0.3) is 0 Å². The Labute approximate surface area is 151 Å². The van der Waals surface area contributed by atoms with Crippen molar-refractivity contribution in [3.05, 3.63) is 34.9 Å². The molecule has 0 bridgehead atoms. The average Bonchev–Trinajstić information content (AvgIpc) is 2.52. The summed E-state index contributed by atoms with van der Waals surface area (Å²) < 4.78 is 5.63. The van der Waals surface area contributed by atoms with Crippen LogP contribution in [0.1, 0.15) is 53.9 Å². The predicted molar refractivity (Wildman–Crippen MR) is 98.8 cm³/mol. The molecule has 1 saturated carbocycles. The first-order valence-electron chi connectivity index (χ1n) is 9.48. The summed E-state index contributed by atoms with van der Waals surface area (Å²) in [5.74, 6) is 0.552. The normalized spacial score (nSPS) is 37.5. The maximum absolute atomic E-state index is 13.2. The Bertz CT molecular complexity index is 677. The summed E-state index contributed by atoms with van der Waals surface area (Å²) in [6.07, 6.45) is 4.72. The molecule has 0 N–H and O–H groups in total. The molecule has 0 aliphatic heterocycles. The summed E-state index contributed by atoms with van der Waals surface area (Å²) >= 11 is 0. The fourth-order valence-electron chi connectivity index (χ4n) is 5.27. The maximum atomic E-state index is 13.2. The number of ether oxygens (including phenoxy) is 1. The molecule has 0 aromatic rings. The zero-order valence-electron chi connectivity index (χ0n) is 16.1. The van der Waals surface area contributed by atoms with Crippen molar-refractivity contribution in [2.24, 2.45) is 29.6 Å². The van der Waals surface area contributed by atoms with Crippen molar-refractivity contribution in [3.63, 3.8) is 0 Å². The van der Waals surface area contributed by atoms with E-state index in [1.165, 1.54) is 29.2 Å². The van der Waals surface area contributed by atoms with Gasteiger partial charge in [0.05, 0.1) is 0 Å². The molecule has 3 rings (SSSR count). The minimum Gasteiger partial charge on any atom is -0.462 e. The molecule has 6 unspecified atom stereocenters. The van der Waals surface area contributed by atoms with Crippen LogP contribution in [0.4, 0.5) is 0 Å². The smallest absolute Gasteiger partial charge is 0.302 e. The molecule has 0 saturated heterocycles. The molecule has 6 atom stereocenters. The van der Waals surface area contributed by atoms with E-state index in [0.717, 1.165) is 19.3 Å². The molecule has 136 valence electrons. The molecule has 0 aromatic heterocycles. The second-order valence-electron chi connectivity index (χ2n) is 8.36. The maximum Gasteiger partial charge on any atom is 0.302 e. The van der Waals surface area contributed by atoms with Crippen LogP contribution in [0.5, 0.6) is 0 Å². The average molecular weight is 342 g/mol. The van der Waals surface area contributed by atoms with Crippen molar-refractivity contribution >= 4 is 11.8 Å². The number of carbonyl (C=O) groups excluding carboxylic acids is 2. The van der Waals surface area contributed by atoms with Crippen molar-refractivity contribution in [1.82, 2.24) is 0 Å². The van der Waals surface area contributed by atoms with E-state index in [2.05, 4.69) is 40.3 Å².